The van der Waals surface area contributed by atoms with Gasteiger partial charge in [0.2, 0.25) is 0 Å². The van der Waals surface area contributed by atoms with Crippen molar-refractivity contribution in [2.45, 2.75) is 6.18 Å². The maximum Gasteiger partial charge on any atom is 0.435 e. The van der Waals surface area contributed by atoms with E-state index in [2.05, 4.69) is 15.3 Å². The Labute approximate surface area is 143 Å². The zero-order chi connectivity index (χ0) is 18.0. The van der Waals surface area contributed by atoms with Crippen molar-refractivity contribution in [2.24, 2.45) is 0 Å². The topological polar surface area (TPSA) is 54.9 Å². The molecule has 0 saturated carbocycles. The highest BCUT2D eigenvalue weighted by molar-refractivity contribution is 7.12. The number of pyridine rings is 2. The Balaban J connectivity index is 2.00. The van der Waals surface area contributed by atoms with Gasteiger partial charge in [0.15, 0.2) is 5.69 Å². The molecule has 0 radical (unpaired) electrons. The molecular formula is C16H9F4N3OS. The maximum atomic E-state index is 13.3. The molecule has 3 rings (SSSR count). The summed E-state index contributed by atoms with van der Waals surface area (Å²) in [5, 5.41) is 3.85. The minimum absolute atomic E-state index is 0.0987. The van der Waals surface area contributed by atoms with Crippen LogP contribution < -0.4 is 5.32 Å². The van der Waals surface area contributed by atoms with Gasteiger partial charge in [0, 0.05) is 11.8 Å². The number of aromatic nitrogens is 2. The molecule has 3 aromatic rings. The molecule has 128 valence electrons. The summed E-state index contributed by atoms with van der Waals surface area (Å²) >= 11 is 1.10. The van der Waals surface area contributed by atoms with Gasteiger partial charge in [-0.15, -0.1) is 11.3 Å². The Morgan fingerprint density at radius 3 is 2.60 bits per heavy atom. The molecule has 3 aromatic heterocycles. The molecule has 1 amide bonds. The Morgan fingerprint density at radius 1 is 1.16 bits per heavy atom. The lowest BCUT2D eigenvalue weighted by Crippen LogP contribution is -2.17. The molecule has 4 nitrogen and oxygen atoms in total. The highest BCUT2D eigenvalue weighted by atomic mass is 32.1. The van der Waals surface area contributed by atoms with E-state index in [9.17, 15) is 22.4 Å². The van der Waals surface area contributed by atoms with Crippen molar-refractivity contribution in [1.82, 2.24) is 9.97 Å². The number of amides is 1. The SMILES string of the molecule is O=C(Nc1ccc(-c2cncc(F)c2)nc1C(F)(F)F)c1cccs1. The fraction of sp³-hybridized carbons (Fsp3) is 0.0625. The summed E-state index contributed by atoms with van der Waals surface area (Å²) in [6.07, 6.45) is -2.66. The van der Waals surface area contributed by atoms with Gasteiger partial charge in [0.1, 0.15) is 5.82 Å². The average Bonchev–Trinajstić information content (AvgIpc) is 3.09. The molecule has 0 fully saturated rings. The van der Waals surface area contributed by atoms with Crippen molar-refractivity contribution in [1.29, 1.82) is 0 Å². The lowest BCUT2D eigenvalue weighted by atomic mass is 10.1. The third kappa shape index (κ3) is 3.82. The number of hydrogen-bond donors (Lipinski definition) is 1. The van der Waals surface area contributed by atoms with Crippen LogP contribution in [0.1, 0.15) is 15.4 Å². The second-order valence-electron chi connectivity index (χ2n) is 4.91. The van der Waals surface area contributed by atoms with E-state index in [4.69, 9.17) is 0 Å². The first-order chi connectivity index (χ1) is 11.8. The van der Waals surface area contributed by atoms with Crippen molar-refractivity contribution in [3.63, 3.8) is 0 Å². The molecule has 0 aliphatic carbocycles. The Bertz CT molecular complexity index is 910. The van der Waals surface area contributed by atoms with Gasteiger partial charge in [-0.1, -0.05) is 6.07 Å². The first-order valence-corrected chi connectivity index (χ1v) is 7.76. The van der Waals surface area contributed by atoms with Crippen LogP contribution in [-0.2, 0) is 6.18 Å². The Hall–Kier alpha value is -2.81. The van der Waals surface area contributed by atoms with Crippen LogP contribution in [0, 0.1) is 5.82 Å². The van der Waals surface area contributed by atoms with Crippen LogP contribution in [-0.4, -0.2) is 15.9 Å². The Kier molecular flexibility index (Phi) is 4.49. The quantitative estimate of drug-likeness (QED) is 0.688. The van der Waals surface area contributed by atoms with Gasteiger partial charge >= 0.3 is 6.18 Å². The number of halogens is 4. The number of hydrogen-bond acceptors (Lipinski definition) is 4. The summed E-state index contributed by atoms with van der Waals surface area (Å²) in [6.45, 7) is 0. The van der Waals surface area contributed by atoms with Crippen LogP contribution in [0.15, 0.2) is 48.1 Å². The standard InChI is InChI=1S/C16H9F4N3OS/c17-10-6-9(7-21-8-10)11-3-4-12(14(22-11)16(18,19)20)23-15(24)13-2-1-5-25-13/h1-8H,(H,23,24). The predicted molar refractivity (Wildman–Crippen MR) is 84.7 cm³/mol. The molecular weight excluding hydrogens is 358 g/mol. The fourth-order valence-corrected chi connectivity index (χ4v) is 2.70. The minimum Gasteiger partial charge on any atom is -0.319 e. The molecule has 0 spiro atoms. The second-order valence-corrected chi connectivity index (χ2v) is 5.86. The summed E-state index contributed by atoms with van der Waals surface area (Å²) in [5.74, 6) is -1.36. The molecule has 9 heteroatoms. The number of nitrogens with one attached hydrogen (secondary N) is 1. The van der Waals surface area contributed by atoms with Gasteiger partial charge in [0.05, 0.1) is 22.5 Å². The van der Waals surface area contributed by atoms with Crippen molar-refractivity contribution >= 4 is 22.9 Å². The lowest BCUT2D eigenvalue weighted by molar-refractivity contribution is -0.140. The van der Waals surface area contributed by atoms with Crippen LogP contribution in [0.25, 0.3) is 11.3 Å². The van der Waals surface area contributed by atoms with Gasteiger partial charge in [-0.05, 0) is 29.6 Å². The average molecular weight is 367 g/mol. The van der Waals surface area contributed by atoms with Crippen LogP contribution in [0.2, 0.25) is 0 Å². The molecule has 0 bridgehead atoms. The van der Waals surface area contributed by atoms with E-state index in [0.717, 1.165) is 29.7 Å². The van der Waals surface area contributed by atoms with E-state index in [1.54, 1.807) is 11.4 Å². The monoisotopic (exact) mass is 367 g/mol. The molecule has 0 atom stereocenters. The molecule has 3 heterocycles. The summed E-state index contributed by atoms with van der Waals surface area (Å²) in [4.78, 5) is 19.4. The van der Waals surface area contributed by atoms with Crippen molar-refractivity contribution in [2.75, 3.05) is 5.32 Å². The lowest BCUT2D eigenvalue weighted by Gasteiger charge is -2.14. The van der Waals surface area contributed by atoms with Gasteiger partial charge in [-0.25, -0.2) is 9.37 Å². The normalized spacial score (nSPS) is 11.4. The number of carbonyl (C=O) groups excluding carboxylic acids is 1. The highest BCUT2D eigenvalue weighted by Crippen LogP contribution is 2.35. The smallest absolute Gasteiger partial charge is 0.319 e. The summed E-state index contributed by atoms with van der Waals surface area (Å²) < 4.78 is 53.2. The van der Waals surface area contributed by atoms with Crippen LogP contribution in [0.5, 0.6) is 0 Å². The van der Waals surface area contributed by atoms with Crippen molar-refractivity contribution in [3.8, 4) is 11.3 Å². The van der Waals surface area contributed by atoms with E-state index in [-0.39, 0.29) is 16.1 Å². The van der Waals surface area contributed by atoms with Gasteiger partial charge in [-0.2, -0.15) is 13.2 Å². The first kappa shape index (κ1) is 17.0. The number of alkyl halides is 3. The summed E-state index contributed by atoms with van der Waals surface area (Å²) in [7, 11) is 0. The van der Waals surface area contributed by atoms with Gasteiger partial charge in [-0.3, -0.25) is 9.78 Å². The molecule has 25 heavy (non-hydrogen) atoms. The molecule has 0 aliphatic heterocycles. The first-order valence-electron chi connectivity index (χ1n) is 6.88. The van der Waals surface area contributed by atoms with E-state index < -0.39 is 29.3 Å². The van der Waals surface area contributed by atoms with E-state index in [1.807, 2.05) is 0 Å². The molecule has 0 saturated heterocycles. The number of rotatable bonds is 3. The summed E-state index contributed by atoms with van der Waals surface area (Å²) in [6, 6.07) is 6.48. The maximum absolute atomic E-state index is 13.3. The largest absolute Gasteiger partial charge is 0.435 e. The number of carbonyl (C=O) groups is 1. The highest BCUT2D eigenvalue weighted by Gasteiger charge is 2.36. The minimum atomic E-state index is -4.80. The summed E-state index contributed by atoms with van der Waals surface area (Å²) in [5.41, 5.74) is -1.74. The molecule has 1 N–H and O–H groups in total. The second kappa shape index (κ2) is 6.60. The van der Waals surface area contributed by atoms with E-state index in [0.29, 0.717) is 0 Å². The van der Waals surface area contributed by atoms with Gasteiger partial charge in [0.25, 0.3) is 5.91 Å². The third-order valence-corrected chi connectivity index (χ3v) is 4.03. The van der Waals surface area contributed by atoms with Crippen LogP contribution >= 0.6 is 11.3 Å². The van der Waals surface area contributed by atoms with Crippen LogP contribution in [0.3, 0.4) is 0 Å². The number of anilines is 1. The molecule has 0 unspecified atom stereocenters. The van der Waals surface area contributed by atoms with Crippen molar-refractivity contribution < 1.29 is 22.4 Å². The third-order valence-electron chi connectivity index (χ3n) is 3.16. The Morgan fingerprint density at radius 2 is 1.96 bits per heavy atom. The number of thiophene rings is 1. The zero-order valence-electron chi connectivity index (χ0n) is 12.3. The molecule has 0 aromatic carbocycles. The fourth-order valence-electron chi connectivity index (χ4n) is 2.08. The number of nitrogens with zero attached hydrogens (tertiary/aromatic N) is 2. The zero-order valence-corrected chi connectivity index (χ0v) is 13.2. The van der Waals surface area contributed by atoms with E-state index in [1.165, 1.54) is 18.3 Å². The van der Waals surface area contributed by atoms with Crippen molar-refractivity contribution in [3.05, 3.63) is 64.5 Å². The predicted octanol–water partition coefficient (Wildman–Crippen LogP) is 4.62. The molecule has 0 aliphatic rings. The van der Waals surface area contributed by atoms with E-state index >= 15 is 0 Å². The van der Waals surface area contributed by atoms with Crippen LogP contribution in [0.4, 0.5) is 23.2 Å². The van der Waals surface area contributed by atoms with Gasteiger partial charge < -0.3 is 5.32 Å².